The minimum atomic E-state index is -0.134. The largest absolute Gasteiger partial charge is 0.379 e. The molecule has 6 heteroatoms. The number of hydrogen-bond donors (Lipinski definition) is 2. The van der Waals surface area contributed by atoms with E-state index in [9.17, 15) is 9.59 Å². The zero-order valence-corrected chi connectivity index (χ0v) is 11.9. The Morgan fingerprint density at radius 1 is 1.16 bits per heavy atom. The van der Waals surface area contributed by atoms with Gasteiger partial charge in [0, 0.05) is 32.6 Å². The Morgan fingerprint density at radius 3 is 2.47 bits per heavy atom. The lowest BCUT2D eigenvalue weighted by molar-refractivity contribution is -0.126. The third-order valence-electron chi connectivity index (χ3n) is 2.89. The molecule has 0 aromatic heterocycles. The van der Waals surface area contributed by atoms with Crippen molar-refractivity contribution in [3.63, 3.8) is 0 Å². The number of nitrogens with one attached hydrogen (secondary N) is 2. The first-order chi connectivity index (χ1) is 9.08. The Balaban J connectivity index is 2.02. The van der Waals surface area contributed by atoms with Gasteiger partial charge in [0.05, 0.1) is 19.8 Å². The highest BCUT2D eigenvalue weighted by atomic mass is 16.5. The zero-order valence-electron chi connectivity index (χ0n) is 11.9. The molecule has 19 heavy (non-hydrogen) atoms. The lowest BCUT2D eigenvalue weighted by atomic mass is 10.1. The van der Waals surface area contributed by atoms with Crippen LogP contribution in [0.25, 0.3) is 0 Å². The maximum Gasteiger partial charge on any atom is 0.239 e. The predicted molar refractivity (Wildman–Crippen MR) is 72.7 cm³/mol. The molecule has 0 aliphatic carbocycles. The van der Waals surface area contributed by atoms with Gasteiger partial charge in [-0.2, -0.15) is 0 Å². The SMILES string of the molecule is CC(C)CC(=O)NCC(=O)NCCN1CCOCC1. The van der Waals surface area contributed by atoms with Gasteiger partial charge in [0.25, 0.3) is 0 Å². The Bertz CT molecular complexity index is 289. The van der Waals surface area contributed by atoms with Gasteiger partial charge in [0.2, 0.25) is 11.8 Å². The van der Waals surface area contributed by atoms with Crippen molar-refractivity contribution in [3.8, 4) is 0 Å². The van der Waals surface area contributed by atoms with Crippen molar-refractivity contribution < 1.29 is 14.3 Å². The molecule has 1 aliphatic heterocycles. The van der Waals surface area contributed by atoms with Gasteiger partial charge in [0.1, 0.15) is 0 Å². The lowest BCUT2D eigenvalue weighted by Crippen LogP contribution is -2.43. The van der Waals surface area contributed by atoms with Crippen LogP contribution in [0.5, 0.6) is 0 Å². The van der Waals surface area contributed by atoms with E-state index in [1.165, 1.54) is 0 Å². The van der Waals surface area contributed by atoms with E-state index in [-0.39, 0.29) is 18.4 Å². The minimum absolute atomic E-state index is 0.0642. The number of amides is 2. The molecule has 0 atom stereocenters. The molecule has 0 radical (unpaired) electrons. The summed E-state index contributed by atoms with van der Waals surface area (Å²) in [6.45, 7) is 8.81. The molecule has 2 amide bonds. The summed E-state index contributed by atoms with van der Waals surface area (Å²) in [5.41, 5.74) is 0. The van der Waals surface area contributed by atoms with Gasteiger partial charge in [-0.05, 0) is 5.92 Å². The van der Waals surface area contributed by atoms with Crippen LogP contribution in [0.4, 0.5) is 0 Å². The average molecular weight is 271 g/mol. The van der Waals surface area contributed by atoms with Gasteiger partial charge in [-0.1, -0.05) is 13.8 Å². The Labute approximate surface area is 114 Å². The van der Waals surface area contributed by atoms with E-state index in [4.69, 9.17) is 4.74 Å². The number of morpholine rings is 1. The molecule has 0 unspecified atom stereocenters. The fourth-order valence-corrected chi connectivity index (χ4v) is 1.86. The summed E-state index contributed by atoms with van der Waals surface area (Å²) in [5, 5.41) is 5.42. The maximum atomic E-state index is 11.5. The molecule has 0 aromatic rings. The number of ether oxygens (including phenoxy) is 1. The summed E-state index contributed by atoms with van der Waals surface area (Å²) in [6, 6.07) is 0. The summed E-state index contributed by atoms with van der Waals surface area (Å²) in [5.74, 6) is 0.105. The topological polar surface area (TPSA) is 70.7 Å². The van der Waals surface area contributed by atoms with Crippen LogP contribution >= 0.6 is 0 Å². The van der Waals surface area contributed by atoms with Crippen molar-refractivity contribution >= 4 is 11.8 Å². The van der Waals surface area contributed by atoms with E-state index < -0.39 is 0 Å². The highest BCUT2D eigenvalue weighted by molar-refractivity contribution is 5.84. The van der Waals surface area contributed by atoms with Crippen LogP contribution in [0.15, 0.2) is 0 Å². The number of hydrogen-bond acceptors (Lipinski definition) is 4. The summed E-state index contributed by atoms with van der Waals surface area (Å²) in [6.07, 6.45) is 0.459. The summed E-state index contributed by atoms with van der Waals surface area (Å²) in [7, 11) is 0. The van der Waals surface area contributed by atoms with Crippen LogP contribution in [0.1, 0.15) is 20.3 Å². The standard InChI is InChI=1S/C13H25N3O3/c1-11(2)9-12(17)15-10-13(18)14-3-4-16-5-7-19-8-6-16/h11H,3-10H2,1-2H3,(H,14,18)(H,15,17). The zero-order chi connectivity index (χ0) is 14.1. The van der Waals surface area contributed by atoms with E-state index in [0.29, 0.717) is 18.9 Å². The molecule has 6 nitrogen and oxygen atoms in total. The summed E-state index contributed by atoms with van der Waals surface area (Å²) in [4.78, 5) is 25.1. The van der Waals surface area contributed by atoms with Gasteiger partial charge >= 0.3 is 0 Å². The summed E-state index contributed by atoms with van der Waals surface area (Å²) >= 11 is 0. The van der Waals surface area contributed by atoms with Crippen LogP contribution in [0, 0.1) is 5.92 Å². The van der Waals surface area contributed by atoms with Crippen molar-refractivity contribution in [1.29, 1.82) is 0 Å². The molecule has 1 fully saturated rings. The second-order valence-electron chi connectivity index (χ2n) is 5.18. The van der Waals surface area contributed by atoms with Crippen LogP contribution in [-0.4, -0.2) is 62.7 Å². The van der Waals surface area contributed by atoms with Gasteiger partial charge in [-0.15, -0.1) is 0 Å². The molecule has 0 bridgehead atoms. The Kier molecular flexibility index (Phi) is 7.43. The molecular formula is C13H25N3O3. The molecular weight excluding hydrogens is 246 g/mol. The van der Waals surface area contributed by atoms with E-state index >= 15 is 0 Å². The van der Waals surface area contributed by atoms with E-state index in [1.807, 2.05) is 13.8 Å². The molecule has 2 N–H and O–H groups in total. The predicted octanol–water partition coefficient (Wildman–Crippen LogP) is -0.403. The van der Waals surface area contributed by atoms with Gasteiger partial charge in [0.15, 0.2) is 0 Å². The van der Waals surface area contributed by atoms with Gasteiger partial charge in [-0.3, -0.25) is 14.5 Å². The van der Waals surface area contributed by atoms with E-state index in [2.05, 4.69) is 15.5 Å². The fraction of sp³-hybridized carbons (Fsp3) is 0.846. The normalized spacial score (nSPS) is 16.4. The van der Waals surface area contributed by atoms with Crippen molar-refractivity contribution in [2.24, 2.45) is 5.92 Å². The average Bonchev–Trinajstić information content (AvgIpc) is 2.37. The molecule has 0 aromatic carbocycles. The number of carbonyl (C=O) groups excluding carboxylic acids is 2. The van der Waals surface area contributed by atoms with Crippen LogP contribution < -0.4 is 10.6 Å². The molecule has 1 aliphatic rings. The monoisotopic (exact) mass is 271 g/mol. The second-order valence-corrected chi connectivity index (χ2v) is 5.18. The molecule has 1 heterocycles. The molecule has 110 valence electrons. The summed E-state index contributed by atoms with van der Waals surface area (Å²) < 4.78 is 5.25. The Hall–Kier alpha value is -1.14. The number of nitrogens with zero attached hydrogens (tertiary/aromatic N) is 1. The van der Waals surface area contributed by atoms with Crippen molar-refractivity contribution in [3.05, 3.63) is 0 Å². The van der Waals surface area contributed by atoms with Crippen molar-refractivity contribution in [2.45, 2.75) is 20.3 Å². The fourth-order valence-electron chi connectivity index (χ4n) is 1.86. The van der Waals surface area contributed by atoms with Crippen LogP contribution in [-0.2, 0) is 14.3 Å². The maximum absolute atomic E-state index is 11.5. The molecule has 1 saturated heterocycles. The van der Waals surface area contributed by atoms with Crippen LogP contribution in [0.2, 0.25) is 0 Å². The third-order valence-corrected chi connectivity index (χ3v) is 2.89. The second kappa shape index (κ2) is 8.87. The van der Waals surface area contributed by atoms with Crippen molar-refractivity contribution in [1.82, 2.24) is 15.5 Å². The number of carbonyl (C=O) groups is 2. The first kappa shape index (κ1) is 15.9. The first-order valence-corrected chi connectivity index (χ1v) is 6.91. The highest BCUT2D eigenvalue weighted by Crippen LogP contribution is 1.97. The van der Waals surface area contributed by atoms with E-state index in [1.54, 1.807) is 0 Å². The van der Waals surface area contributed by atoms with Gasteiger partial charge < -0.3 is 15.4 Å². The smallest absolute Gasteiger partial charge is 0.239 e. The van der Waals surface area contributed by atoms with Crippen molar-refractivity contribution in [2.75, 3.05) is 45.9 Å². The quantitative estimate of drug-likeness (QED) is 0.661. The van der Waals surface area contributed by atoms with Crippen LogP contribution in [0.3, 0.4) is 0 Å². The lowest BCUT2D eigenvalue weighted by Gasteiger charge is -2.26. The molecule has 1 rings (SSSR count). The van der Waals surface area contributed by atoms with E-state index in [0.717, 1.165) is 32.8 Å². The molecule has 0 saturated carbocycles. The Morgan fingerprint density at radius 2 is 1.84 bits per heavy atom. The first-order valence-electron chi connectivity index (χ1n) is 6.91. The minimum Gasteiger partial charge on any atom is -0.379 e. The third kappa shape index (κ3) is 7.79. The molecule has 0 spiro atoms. The number of rotatable bonds is 7. The van der Waals surface area contributed by atoms with Gasteiger partial charge in [-0.25, -0.2) is 0 Å². The highest BCUT2D eigenvalue weighted by Gasteiger charge is 2.10.